The van der Waals surface area contributed by atoms with Crippen LogP contribution in [0.15, 0.2) is 12.1 Å². The van der Waals surface area contributed by atoms with Gasteiger partial charge in [-0.2, -0.15) is 0 Å². The Kier molecular flexibility index (Phi) is 5.95. The van der Waals surface area contributed by atoms with E-state index >= 15 is 0 Å². The van der Waals surface area contributed by atoms with E-state index in [-0.39, 0.29) is 6.42 Å². The van der Waals surface area contributed by atoms with Gasteiger partial charge in [-0.05, 0) is 63.4 Å². The zero-order valence-electron chi connectivity index (χ0n) is 14.6. The molecule has 0 saturated carbocycles. The van der Waals surface area contributed by atoms with Crippen molar-refractivity contribution in [2.75, 3.05) is 0 Å². The average Bonchev–Trinajstić information content (AvgIpc) is 2.38. The van der Waals surface area contributed by atoms with Crippen LogP contribution >= 0.6 is 0 Å². The summed E-state index contributed by atoms with van der Waals surface area (Å²) < 4.78 is 5.09. The predicted molar refractivity (Wildman–Crippen MR) is 88.9 cm³/mol. The van der Waals surface area contributed by atoms with Crippen molar-refractivity contribution in [3.8, 4) is 0 Å². The fourth-order valence-electron chi connectivity index (χ4n) is 2.31. The molecule has 0 heterocycles. The van der Waals surface area contributed by atoms with Crippen molar-refractivity contribution >= 4 is 18.0 Å². The first-order valence-corrected chi connectivity index (χ1v) is 7.53. The van der Waals surface area contributed by atoms with E-state index in [9.17, 15) is 19.5 Å². The Bertz CT molecular complexity index is 638. The molecule has 0 aromatic heterocycles. The summed E-state index contributed by atoms with van der Waals surface area (Å²) in [6, 6.07) is 2.07. The smallest absolute Gasteiger partial charge is 0.408 e. The van der Waals surface area contributed by atoms with Crippen LogP contribution in [0.2, 0.25) is 0 Å². The first kappa shape index (κ1) is 19.5. The van der Waals surface area contributed by atoms with Gasteiger partial charge in [-0.25, -0.2) is 9.59 Å². The van der Waals surface area contributed by atoms with E-state index < -0.39 is 29.6 Å². The second kappa shape index (κ2) is 7.33. The van der Waals surface area contributed by atoms with Crippen LogP contribution in [0, 0.1) is 13.8 Å². The summed E-state index contributed by atoms with van der Waals surface area (Å²) in [5.74, 6) is -1.71. The van der Waals surface area contributed by atoms with E-state index in [4.69, 9.17) is 10.5 Å². The van der Waals surface area contributed by atoms with Crippen LogP contribution in [0.4, 0.5) is 4.79 Å². The Morgan fingerprint density at radius 2 is 1.71 bits per heavy atom. The van der Waals surface area contributed by atoms with Gasteiger partial charge < -0.3 is 20.9 Å². The van der Waals surface area contributed by atoms with Gasteiger partial charge in [0.2, 0.25) is 5.91 Å². The number of alkyl carbamates (subject to hydrolysis) is 1. The van der Waals surface area contributed by atoms with Crippen molar-refractivity contribution in [3.63, 3.8) is 0 Å². The maximum Gasteiger partial charge on any atom is 0.408 e. The predicted octanol–water partition coefficient (Wildman–Crippen LogP) is 1.92. The minimum atomic E-state index is -1.17. The van der Waals surface area contributed by atoms with Crippen molar-refractivity contribution in [1.29, 1.82) is 0 Å². The van der Waals surface area contributed by atoms with Gasteiger partial charge in [0.25, 0.3) is 0 Å². The number of carboxylic acid groups (broad SMARTS) is 1. The summed E-state index contributed by atoms with van der Waals surface area (Å²) in [5.41, 5.74) is 7.12. The van der Waals surface area contributed by atoms with Gasteiger partial charge in [0.1, 0.15) is 11.6 Å². The highest BCUT2D eigenvalue weighted by Crippen LogP contribution is 2.19. The molecule has 4 N–H and O–H groups in total. The number of aliphatic carboxylic acids is 1. The number of carbonyl (C=O) groups excluding carboxylic acids is 2. The first-order valence-electron chi connectivity index (χ1n) is 7.53. The number of nitrogens with one attached hydrogen (secondary N) is 1. The lowest BCUT2D eigenvalue weighted by Gasteiger charge is -2.23. The quantitative estimate of drug-likeness (QED) is 0.759. The highest BCUT2D eigenvalue weighted by atomic mass is 16.6. The third kappa shape index (κ3) is 5.57. The second-order valence-electron chi connectivity index (χ2n) is 6.69. The van der Waals surface area contributed by atoms with Gasteiger partial charge in [0, 0.05) is 12.0 Å². The van der Waals surface area contributed by atoms with Crippen LogP contribution in [-0.4, -0.2) is 34.7 Å². The van der Waals surface area contributed by atoms with Crippen molar-refractivity contribution in [3.05, 3.63) is 34.4 Å². The van der Waals surface area contributed by atoms with Crippen LogP contribution in [-0.2, 0) is 16.0 Å². The maximum atomic E-state index is 11.8. The average molecular weight is 336 g/mol. The van der Waals surface area contributed by atoms with Crippen LogP contribution in [0.3, 0.4) is 0 Å². The van der Waals surface area contributed by atoms with E-state index in [0.717, 1.165) is 16.7 Å². The number of carbonyl (C=O) groups is 3. The van der Waals surface area contributed by atoms with Crippen molar-refractivity contribution in [1.82, 2.24) is 5.32 Å². The zero-order chi connectivity index (χ0) is 18.7. The van der Waals surface area contributed by atoms with E-state index in [0.29, 0.717) is 5.56 Å². The highest BCUT2D eigenvalue weighted by molar-refractivity contribution is 5.93. The molecular formula is C17H24N2O5. The molecule has 0 aliphatic rings. The fourth-order valence-corrected chi connectivity index (χ4v) is 2.31. The maximum absolute atomic E-state index is 11.8. The molecule has 0 bridgehead atoms. The number of carboxylic acids is 1. The minimum absolute atomic E-state index is 0.0747. The lowest BCUT2D eigenvalue weighted by atomic mass is 9.94. The molecule has 7 nitrogen and oxygen atoms in total. The molecular weight excluding hydrogens is 312 g/mol. The number of nitrogens with two attached hydrogens (primary N) is 1. The van der Waals surface area contributed by atoms with Crippen molar-refractivity contribution in [2.45, 2.75) is 52.7 Å². The molecule has 0 aliphatic heterocycles. The zero-order valence-corrected chi connectivity index (χ0v) is 14.6. The summed E-state index contributed by atoms with van der Waals surface area (Å²) in [6.45, 7) is 8.61. The first-order chi connectivity index (χ1) is 10.9. The lowest BCUT2D eigenvalue weighted by Crippen LogP contribution is -2.44. The van der Waals surface area contributed by atoms with Gasteiger partial charge in [0.15, 0.2) is 0 Å². The number of primary amides is 1. The molecule has 1 atom stereocenters. The minimum Gasteiger partial charge on any atom is -0.480 e. The van der Waals surface area contributed by atoms with Crippen LogP contribution in [0.5, 0.6) is 0 Å². The van der Waals surface area contributed by atoms with Gasteiger partial charge in [-0.1, -0.05) is 0 Å². The van der Waals surface area contributed by atoms with Crippen LogP contribution in [0.25, 0.3) is 0 Å². The number of aryl methyl sites for hydroxylation is 2. The van der Waals surface area contributed by atoms with E-state index in [1.807, 2.05) is 0 Å². The Morgan fingerprint density at radius 1 is 1.21 bits per heavy atom. The summed E-state index contributed by atoms with van der Waals surface area (Å²) in [5, 5.41) is 11.7. The number of rotatable bonds is 5. The number of amides is 2. The van der Waals surface area contributed by atoms with Crippen LogP contribution in [0.1, 0.15) is 47.8 Å². The molecule has 1 rings (SSSR count). The van der Waals surface area contributed by atoms with Crippen LogP contribution < -0.4 is 11.1 Å². The third-order valence-corrected chi connectivity index (χ3v) is 3.38. The fraction of sp³-hybridized carbons (Fsp3) is 0.471. The summed E-state index contributed by atoms with van der Waals surface area (Å²) >= 11 is 0. The van der Waals surface area contributed by atoms with Crippen molar-refractivity contribution in [2.24, 2.45) is 5.73 Å². The van der Waals surface area contributed by atoms with Gasteiger partial charge in [-0.3, -0.25) is 4.79 Å². The molecule has 0 saturated heterocycles. The van der Waals surface area contributed by atoms with E-state index in [2.05, 4.69) is 5.32 Å². The molecule has 0 aliphatic carbocycles. The standard InChI is InChI=1S/C17H24N2O5/c1-9-6-11(14(18)20)7-10(2)12(9)8-13(15(21)22)19-16(23)24-17(3,4)5/h6-7,13H,8H2,1-5H3,(H2,18,20)(H,19,23)(H,21,22). The molecule has 1 aromatic rings. The number of hydrogen-bond donors (Lipinski definition) is 3. The third-order valence-electron chi connectivity index (χ3n) is 3.38. The Morgan fingerprint density at radius 3 is 2.08 bits per heavy atom. The number of benzene rings is 1. The summed E-state index contributed by atoms with van der Waals surface area (Å²) in [6.07, 6.45) is -0.718. The molecule has 132 valence electrons. The lowest BCUT2D eigenvalue weighted by molar-refractivity contribution is -0.139. The molecule has 24 heavy (non-hydrogen) atoms. The Hall–Kier alpha value is -2.57. The second-order valence-corrected chi connectivity index (χ2v) is 6.69. The summed E-state index contributed by atoms with van der Waals surface area (Å²) in [7, 11) is 0. The largest absolute Gasteiger partial charge is 0.480 e. The normalized spacial score (nSPS) is 12.4. The van der Waals surface area contributed by atoms with E-state index in [1.54, 1.807) is 46.8 Å². The molecule has 2 amide bonds. The Labute approximate surface area is 141 Å². The number of ether oxygens (including phenoxy) is 1. The molecule has 0 fully saturated rings. The topological polar surface area (TPSA) is 119 Å². The molecule has 1 aromatic carbocycles. The molecule has 0 radical (unpaired) electrons. The summed E-state index contributed by atoms with van der Waals surface area (Å²) in [4.78, 5) is 34.6. The van der Waals surface area contributed by atoms with E-state index in [1.165, 1.54) is 0 Å². The molecule has 0 spiro atoms. The highest BCUT2D eigenvalue weighted by Gasteiger charge is 2.25. The van der Waals surface area contributed by atoms with Crippen molar-refractivity contribution < 1.29 is 24.2 Å². The van der Waals surface area contributed by atoms with Gasteiger partial charge in [0.05, 0.1) is 0 Å². The molecule has 7 heteroatoms. The van der Waals surface area contributed by atoms with Gasteiger partial charge in [-0.15, -0.1) is 0 Å². The number of hydrogen-bond acceptors (Lipinski definition) is 4. The molecule has 1 unspecified atom stereocenters. The Balaban J connectivity index is 3.00. The monoisotopic (exact) mass is 336 g/mol. The SMILES string of the molecule is Cc1cc(C(N)=O)cc(C)c1CC(NC(=O)OC(C)(C)C)C(=O)O. The van der Waals surface area contributed by atoms with Gasteiger partial charge >= 0.3 is 12.1 Å².